The SMILES string of the molecule is CC(Nc1cccc(I)c1)c1ccc(F)cn1. The Balaban J connectivity index is 2.11. The molecule has 1 heterocycles. The van der Waals surface area contributed by atoms with E-state index >= 15 is 0 Å². The topological polar surface area (TPSA) is 24.9 Å². The lowest BCUT2D eigenvalue weighted by atomic mass is 10.2. The largest absolute Gasteiger partial charge is 0.377 e. The van der Waals surface area contributed by atoms with E-state index in [1.807, 2.05) is 25.1 Å². The fourth-order valence-corrected chi connectivity index (χ4v) is 2.09. The van der Waals surface area contributed by atoms with E-state index in [1.54, 1.807) is 6.07 Å². The number of anilines is 1. The van der Waals surface area contributed by atoms with Crippen molar-refractivity contribution in [3.05, 3.63) is 57.7 Å². The third-order valence-electron chi connectivity index (χ3n) is 2.40. The van der Waals surface area contributed by atoms with Crippen LogP contribution >= 0.6 is 22.6 Å². The molecule has 1 unspecified atom stereocenters. The molecule has 1 N–H and O–H groups in total. The number of hydrogen-bond acceptors (Lipinski definition) is 2. The first-order valence-corrected chi connectivity index (χ1v) is 6.36. The average molecular weight is 342 g/mol. The maximum atomic E-state index is 12.7. The molecule has 0 saturated carbocycles. The van der Waals surface area contributed by atoms with Gasteiger partial charge in [0.25, 0.3) is 0 Å². The van der Waals surface area contributed by atoms with Gasteiger partial charge in [-0.3, -0.25) is 4.98 Å². The van der Waals surface area contributed by atoms with Crippen LogP contribution in [0.4, 0.5) is 10.1 Å². The summed E-state index contributed by atoms with van der Waals surface area (Å²) in [7, 11) is 0. The van der Waals surface area contributed by atoms with Gasteiger partial charge in [-0.05, 0) is 59.8 Å². The van der Waals surface area contributed by atoms with Crippen LogP contribution in [0.3, 0.4) is 0 Å². The van der Waals surface area contributed by atoms with Crippen molar-refractivity contribution in [2.45, 2.75) is 13.0 Å². The van der Waals surface area contributed by atoms with Crippen LogP contribution in [0.5, 0.6) is 0 Å². The molecule has 0 bridgehead atoms. The summed E-state index contributed by atoms with van der Waals surface area (Å²) in [5.74, 6) is -0.310. The lowest BCUT2D eigenvalue weighted by Gasteiger charge is -2.14. The maximum absolute atomic E-state index is 12.7. The molecule has 0 fully saturated rings. The Morgan fingerprint density at radius 1 is 1.29 bits per heavy atom. The summed E-state index contributed by atoms with van der Waals surface area (Å²) in [6, 6.07) is 11.3. The van der Waals surface area contributed by atoms with Gasteiger partial charge in [-0.15, -0.1) is 0 Å². The van der Waals surface area contributed by atoms with Gasteiger partial charge in [-0.2, -0.15) is 0 Å². The third-order valence-corrected chi connectivity index (χ3v) is 3.07. The number of benzene rings is 1. The molecule has 1 aromatic carbocycles. The van der Waals surface area contributed by atoms with Gasteiger partial charge in [-0.25, -0.2) is 4.39 Å². The van der Waals surface area contributed by atoms with Crippen molar-refractivity contribution in [2.75, 3.05) is 5.32 Å². The van der Waals surface area contributed by atoms with E-state index in [0.29, 0.717) is 0 Å². The smallest absolute Gasteiger partial charge is 0.141 e. The summed E-state index contributed by atoms with van der Waals surface area (Å²) in [5, 5.41) is 3.33. The lowest BCUT2D eigenvalue weighted by molar-refractivity contribution is 0.617. The molecule has 0 aliphatic carbocycles. The Morgan fingerprint density at radius 2 is 2.12 bits per heavy atom. The minimum Gasteiger partial charge on any atom is -0.377 e. The lowest BCUT2D eigenvalue weighted by Crippen LogP contribution is -2.08. The van der Waals surface area contributed by atoms with Crippen LogP contribution in [0.15, 0.2) is 42.6 Å². The first kappa shape index (κ1) is 12.3. The molecule has 2 rings (SSSR count). The molecule has 2 aromatic rings. The zero-order valence-corrected chi connectivity index (χ0v) is 11.5. The van der Waals surface area contributed by atoms with E-state index in [-0.39, 0.29) is 11.9 Å². The number of hydrogen-bond donors (Lipinski definition) is 1. The normalized spacial score (nSPS) is 12.2. The van der Waals surface area contributed by atoms with Crippen molar-refractivity contribution in [1.82, 2.24) is 4.98 Å². The Bertz CT molecular complexity index is 499. The summed E-state index contributed by atoms with van der Waals surface area (Å²) >= 11 is 2.27. The Morgan fingerprint density at radius 3 is 2.76 bits per heavy atom. The minimum atomic E-state index is -0.310. The highest BCUT2D eigenvalue weighted by molar-refractivity contribution is 14.1. The third kappa shape index (κ3) is 3.39. The second kappa shape index (κ2) is 5.44. The van der Waals surface area contributed by atoms with E-state index < -0.39 is 0 Å². The zero-order chi connectivity index (χ0) is 12.3. The van der Waals surface area contributed by atoms with Gasteiger partial charge in [0, 0.05) is 9.26 Å². The van der Waals surface area contributed by atoms with Crippen molar-refractivity contribution < 1.29 is 4.39 Å². The molecular weight excluding hydrogens is 330 g/mol. The zero-order valence-electron chi connectivity index (χ0n) is 9.32. The van der Waals surface area contributed by atoms with Gasteiger partial charge in [0.15, 0.2) is 0 Å². The number of pyridine rings is 1. The van der Waals surface area contributed by atoms with Crippen LogP contribution in [0.25, 0.3) is 0 Å². The van der Waals surface area contributed by atoms with Crippen molar-refractivity contribution in [2.24, 2.45) is 0 Å². The molecule has 88 valence electrons. The van der Waals surface area contributed by atoms with Crippen molar-refractivity contribution >= 4 is 28.3 Å². The first-order valence-electron chi connectivity index (χ1n) is 5.29. The predicted molar refractivity (Wildman–Crippen MR) is 75.4 cm³/mol. The minimum absolute atomic E-state index is 0.0498. The summed E-state index contributed by atoms with van der Waals surface area (Å²) in [5.41, 5.74) is 1.86. The fraction of sp³-hybridized carbons (Fsp3) is 0.154. The monoisotopic (exact) mass is 342 g/mol. The summed E-state index contributed by atoms with van der Waals surface area (Å²) in [6.07, 6.45) is 1.24. The van der Waals surface area contributed by atoms with E-state index in [9.17, 15) is 4.39 Å². The van der Waals surface area contributed by atoms with E-state index in [0.717, 1.165) is 11.4 Å². The van der Waals surface area contributed by atoms with E-state index in [1.165, 1.54) is 15.8 Å². The second-order valence-electron chi connectivity index (χ2n) is 3.78. The van der Waals surface area contributed by atoms with Gasteiger partial charge in [0.1, 0.15) is 5.82 Å². The van der Waals surface area contributed by atoms with Crippen LogP contribution in [0, 0.1) is 9.39 Å². The van der Waals surface area contributed by atoms with Gasteiger partial charge in [-0.1, -0.05) is 6.07 Å². The molecule has 0 amide bonds. The molecule has 2 nitrogen and oxygen atoms in total. The summed E-state index contributed by atoms with van der Waals surface area (Å²) in [4.78, 5) is 4.06. The highest BCUT2D eigenvalue weighted by Gasteiger charge is 2.06. The Kier molecular flexibility index (Phi) is 3.93. The highest BCUT2D eigenvalue weighted by atomic mass is 127. The Labute approximate surface area is 113 Å². The second-order valence-corrected chi connectivity index (χ2v) is 5.02. The quantitative estimate of drug-likeness (QED) is 0.853. The molecular formula is C13H12FIN2. The molecule has 4 heteroatoms. The number of nitrogens with zero attached hydrogens (tertiary/aromatic N) is 1. The van der Waals surface area contributed by atoms with Crippen LogP contribution in [0.2, 0.25) is 0 Å². The molecule has 0 aliphatic rings. The molecule has 0 saturated heterocycles. The van der Waals surface area contributed by atoms with Crippen molar-refractivity contribution in [1.29, 1.82) is 0 Å². The Hall–Kier alpha value is -1.17. The molecule has 1 aromatic heterocycles. The first-order chi connectivity index (χ1) is 8.15. The van der Waals surface area contributed by atoms with E-state index in [2.05, 4.69) is 39.0 Å². The highest BCUT2D eigenvalue weighted by Crippen LogP contribution is 2.19. The molecule has 1 atom stereocenters. The molecule has 17 heavy (non-hydrogen) atoms. The fourth-order valence-electron chi connectivity index (χ4n) is 1.55. The van der Waals surface area contributed by atoms with Crippen molar-refractivity contribution in [3.8, 4) is 0 Å². The number of nitrogens with one attached hydrogen (secondary N) is 1. The van der Waals surface area contributed by atoms with E-state index in [4.69, 9.17) is 0 Å². The summed E-state index contributed by atoms with van der Waals surface area (Å²) < 4.78 is 13.9. The molecule has 0 spiro atoms. The standard InChI is InChI=1S/C13H12FIN2/c1-9(13-6-5-10(14)8-16-13)17-12-4-2-3-11(15)7-12/h2-9,17H,1H3. The van der Waals surface area contributed by atoms with Crippen LogP contribution in [0.1, 0.15) is 18.7 Å². The van der Waals surface area contributed by atoms with Gasteiger partial charge < -0.3 is 5.32 Å². The number of rotatable bonds is 3. The predicted octanol–water partition coefficient (Wildman–Crippen LogP) is 4.00. The maximum Gasteiger partial charge on any atom is 0.141 e. The van der Waals surface area contributed by atoms with Crippen LogP contribution in [-0.4, -0.2) is 4.98 Å². The summed E-state index contributed by atoms with van der Waals surface area (Å²) in [6.45, 7) is 2.00. The van der Waals surface area contributed by atoms with Crippen molar-refractivity contribution in [3.63, 3.8) is 0 Å². The molecule has 0 radical (unpaired) electrons. The number of halogens is 2. The van der Waals surface area contributed by atoms with Crippen LogP contribution in [-0.2, 0) is 0 Å². The molecule has 0 aliphatic heterocycles. The van der Waals surface area contributed by atoms with Crippen LogP contribution < -0.4 is 5.32 Å². The number of aromatic nitrogens is 1. The average Bonchev–Trinajstić information content (AvgIpc) is 2.29. The van der Waals surface area contributed by atoms with Gasteiger partial charge in [0.2, 0.25) is 0 Å². The van der Waals surface area contributed by atoms with Gasteiger partial charge in [0.05, 0.1) is 17.9 Å². The van der Waals surface area contributed by atoms with Gasteiger partial charge >= 0.3 is 0 Å².